The molecule has 1 aliphatic carbocycles. The molecule has 0 radical (unpaired) electrons. The third-order valence-corrected chi connectivity index (χ3v) is 4.44. The number of likely N-dealkylation sites (tertiary alicyclic amines) is 1. The number of carbonyl (C=O) groups excluding carboxylic acids is 1. The molecular weight excluding hydrogens is 226 g/mol. The maximum atomic E-state index is 12.5. The van der Waals surface area contributed by atoms with Crippen LogP contribution in [-0.2, 0) is 0 Å². The van der Waals surface area contributed by atoms with Crippen LogP contribution < -0.4 is 5.73 Å². The lowest BCUT2D eigenvalue weighted by Gasteiger charge is -2.19. The first-order valence-corrected chi connectivity index (χ1v) is 6.63. The summed E-state index contributed by atoms with van der Waals surface area (Å²) >= 11 is 0. The molecule has 1 aromatic heterocycles. The van der Waals surface area contributed by atoms with E-state index in [0.717, 1.165) is 30.8 Å². The molecule has 2 N–H and O–H groups in total. The summed E-state index contributed by atoms with van der Waals surface area (Å²) in [7, 11) is 0. The number of carbonyl (C=O) groups is 1. The van der Waals surface area contributed by atoms with E-state index in [1.54, 1.807) is 6.20 Å². The van der Waals surface area contributed by atoms with E-state index in [0.29, 0.717) is 11.8 Å². The Bertz CT molecular complexity index is 474. The van der Waals surface area contributed by atoms with Crippen molar-refractivity contribution < 1.29 is 4.79 Å². The van der Waals surface area contributed by atoms with Gasteiger partial charge in [0.15, 0.2) is 0 Å². The number of hydrogen-bond acceptors (Lipinski definition) is 3. The first kappa shape index (κ1) is 11.7. The fraction of sp³-hybridized carbons (Fsp3) is 0.571. The van der Waals surface area contributed by atoms with Crippen LogP contribution in [0.1, 0.15) is 28.9 Å². The molecule has 3 atom stereocenters. The van der Waals surface area contributed by atoms with Gasteiger partial charge in [-0.3, -0.25) is 9.78 Å². The second-order valence-electron chi connectivity index (χ2n) is 5.51. The normalized spacial score (nSPS) is 30.6. The van der Waals surface area contributed by atoms with Gasteiger partial charge >= 0.3 is 0 Å². The average Bonchev–Trinajstić information content (AvgIpc) is 2.92. The van der Waals surface area contributed by atoms with Crippen LogP contribution in [0.25, 0.3) is 0 Å². The van der Waals surface area contributed by atoms with Crippen LogP contribution >= 0.6 is 0 Å². The number of rotatable bonds is 1. The van der Waals surface area contributed by atoms with Gasteiger partial charge in [0.2, 0.25) is 0 Å². The Morgan fingerprint density at radius 1 is 1.44 bits per heavy atom. The third kappa shape index (κ3) is 1.81. The van der Waals surface area contributed by atoms with Crippen LogP contribution in [0.15, 0.2) is 18.3 Å². The minimum atomic E-state index is 0.113. The Morgan fingerprint density at radius 3 is 3.00 bits per heavy atom. The van der Waals surface area contributed by atoms with Crippen molar-refractivity contribution in [3.05, 3.63) is 29.6 Å². The Labute approximate surface area is 107 Å². The fourth-order valence-corrected chi connectivity index (χ4v) is 3.35. The highest BCUT2D eigenvalue weighted by Gasteiger charge is 2.42. The van der Waals surface area contributed by atoms with E-state index < -0.39 is 0 Å². The molecule has 1 saturated heterocycles. The third-order valence-electron chi connectivity index (χ3n) is 4.44. The van der Waals surface area contributed by atoms with E-state index >= 15 is 0 Å². The van der Waals surface area contributed by atoms with Crippen LogP contribution in [0.2, 0.25) is 0 Å². The van der Waals surface area contributed by atoms with E-state index in [-0.39, 0.29) is 11.9 Å². The highest BCUT2D eigenvalue weighted by atomic mass is 16.2. The second-order valence-corrected chi connectivity index (χ2v) is 5.51. The summed E-state index contributed by atoms with van der Waals surface area (Å²) in [6, 6.07) is 3.96. The van der Waals surface area contributed by atoms with Gasteiger partial charge in [-0.2, -0.15) is 0 Å². The Kier molecular flexibility index (Phi) is 2.82. The van der Waals surface area contributed by atoms with Gasteiger partial charge in [0, 0.05) is 31.0 Å². The number of hydrogen-bond donors (Lipinski definition) is 1. The number of pyridine rings is 1. The van der Waals surface area contributed by atoms with Gasteiger partial charge in [0.1, 0.15) is 0 Å². The van der Waals surface area contributed by atoms with Crippen LogP contribution in [0.5, 0.6) is 0 Å². The largest absolute Gasteiger partial charge is 0.338 e. The summed E-state index contributed by atoms with van der Waals surface area (Å²) in [5, 5.41) is 0. The lowest BCUT2D eigenvalue weighted by atomic mass is 9.98. The topological polar surface area (TPSA) is 59.2 Å². The molecule has 3 unspecified atom stereocenters. The Hall–Kier alpha value is -1.42. The standard InChI is InChI=1S/C14H19N3O/c1-9-11(3-2-6-16-9)14(18)17-7-10-4-5-13(15)12(10)8-17/h2-3,6,10,12-13H,4-5,7-8,15H2,1H3. The van der Waals surface area contributed by atoms with Gasteiger partial charge in [0.05, 0.1) is 5.56 Å². The SMILES string of the molecule is Cc1ncccc1C(=O)N1CC2CCC(N)C2C1. The van der Waals surface area contributed by atoms with Gasteiger partial charge in [-0.15, -0.1) is 0 Å². The summed E-state index contributed by atoms with van der Waals surface area (Å²) in [4.78, 5) is 18.6. The number of aromatic nitrogens is 1. The monoisotopic (exact) mass is 245 g/mol. The van der Waals surface area contributed by atoms with E-state index in [1.807, 2.05) is 24.0 Å². The molecule has 4 nitrogen and oxygen atoms in total. The number of nitrogens with zero attached hydrogens (tertiary/aromatic N) is 2. The summed E-state index contributed by atoms with van der Waals surface area (Å²) in [5.74, 6) is 1.23. The van der Waals surface area contributed by atoms with Crippen molar-refractivity contribution in [3.8, 4) is 0 Å². The van der Waals surface area contributed by atoms with Crippen molar-refractivity contribution >= 4 is 5.91 Å². The number of aryl methyl sites for hydroxylation is 1. The molecule has 0 bridgehead atoms. The molecule has 1 amide bonds. The summed E-state index contributed by atoms with van der Waals surface area (Å²) in [6.07, 6.45) is 4.01. The second kappa shape index (κ2) is 4.35. The maximum absolute atomic E-state index is 12.5. The van der Waals surface area contributed by atoms with Crippen molar-refractivity contribution in [2.24, 2.45) is 17.6 Å². The number of fused-ring (bicyclic) bond motifs is 1. The lowest BCUT2D eigenvalue weighted by Crippen LogP contribution is -2.33. The molecule has 1 aromatic rings. The van der Waals surface area contributed by atoms with E-state index in [1.165, 1.54) is 6.42 Å². The first-order valence-electron chi connectivity index (χ1n) is 6.63. The molecule has 2 aliphatic rings. The smallest absolute Gasteiger partial charge is 0.255 e. The van der Waals surface area contributed by atoms with Gasteiger partial charge in [0.25, 0.3) is 5.91 Å². The number of nitrogens with two attached hydrogens (primary N) is 1. The van der Waals surface area contributed by atoms with E-state index in [2.05, 4.69) is 4.98 Å². The van der Waals surface area contributed by atoms with Gasteiger partial charge < -0.3 is 10.6 Å². The molecule has 96 valence electrons. The molecule has 2 heterocycles. The van der Waals surface area contributed by atoms with Crippen molar-refractivity contribution in [3.63, 3.8) is 0 Å². The van der Waals surface area contributed by atoms with Crippen LogP contribution in [-0.4, -0.2) is 34.9 Å². The minimum absolute atomic E-state index is 0.113. The molecular formula is C14H19N3O. The first-order chi connectivity index (χ1) is 8.66. The Balaban J connectivity index is 1.78. The molecule has 0 spiro atoms. The van der Waals surface area contributed by atoms with Gasteiger partial charge in [-0.25, -0.2) is 0 Å². The molecule has 1 aliphatic heterocycles. The quantitative estimate of drug-likeness (QED) is 0.808. The Morgan fingerprint density at radius 2 is 2.28 bits per heavy atom. The summed E-state index contributed by atoms with van der Waals surface area (Å²) in [6.45, 7) is 3.57. The average molecular weight is 245 g/mol. The highest BCUT2D eigenvalue weighted by molar-refractivity contribution is 5.95. The van der Waals surface area contributed by atoms with Crippen LogP contribution in [0, 0.1) is 18.8 Å². The molecule has 2 fully saturated rings. The molecule has 18 heavy (non-hydrogen) atoms. The van der Waals surface area contributed by atoms with Crippen molar-refractivity contribution in [1.29, 1.82) is 0 Å². The molecule has 1 saturated carbocycles. The van der Waals surface area contributed by atoms with Crippen molar-refractivity contribution in [1.82, 2.24) is 9.88 Å². The predicted molar refractivity (Wildman–Crippen MR) is 69.1 cm³/mol. The van der Waals surface area contributed by atoms with Crippen LogP contribution in [0.4, 0.5) is 0 Å². The fourth-order valence-electron chi connectivity index (χ4n) is 3.35. The van der Waals surface area contributed by atoms with Crippen molar-refractivity contribution in [2.45, 2.75) is 25.8 Å². The van der Waals surface area contributed by atoms with Crippen molar-refractivity contribution in [2.75, 3.05) is 13.1 Å². The summed E-state index contributed by atoms with van der Waals surface area (Å²) in [5.41, 5.74) is 7.64. The molecule has 3 rings (SSSR count). The van der Waals surface area contributed by atoms with Crippen LogP contribution in [0.3, 0.4) is 0 Å². The van der Waals surface area contributed by atoms with Gasteiger partial charge in [-0.1, -0.05) is 0 Å². The lowest BCUT2D eigenvalue weighted by molar-refractivity contribution is 0.0778. The predicted octanol–water partition coefficient (Wildman–Crippen LogP) is 1.20. The maximum Gasteiger partial charge on any atom is 0.255 e. The van der Waals surface area contributed by atoms with E-state index in [9.17, 15) is 4.79 Å². The zero-order valence-corrected chi connectivity index (χ0v) is 10.7. The summed E-state index contributed by atoms with van der Waals surface area (Å²) < 4.78 is 0. The zero-order valence-electron chi connectivity index (χ0n) is 10.7. The zero-order chi connectivity index (χ0) is 12.7. The molecule has 0 aromatic carbocycles. The van der Waals surface area contributed by atoms with E-state index in [4.69, 9.17) is 5.73 Å². The highest BCUT2D eigenvalue weighted by Crippen LogP contribution is 2.37. The minimum Gasteiger partial charge on any atom is -0.338 e. The molecule has 4 heteroatoms. The van der Waals surface area contributed by atoms with Gasteiger partial charge in [-0.05, 0) is 43.7 Å². The number of amides is 1.